The Morgan fingerprint density at radius 3 is 2.83 bits per heavy atom. The van der Waals surface area contributed by atoms with Gasteiger partial charge in [-0.2, -0.15) is 0 Å². The zero-order chi connectivity index (χ0) is 24.6. The van der Waals surface area contributed by atoms with E-state index in [1.165, 1.54) is 0 Å². The van der Waals surface area contributed by atoms with Crippen molar-refractivity contribution in [3.05, 3.63) is 60.4 Å². The van der Waals surface area contributed by atoms with Crippen LogP contribution in [0.5, 0.6) is 11.5 Å². The second kappa shape index (κ2) is 9.04. The number of aromatic nitrogens is 6. The summed E-state index contributed by atoms with van der Waals surface area (Å²) in [5, 5.41) is 15.1. The molecule has 3 aromatic heterocycles. The van der Waals surface area contributed by atoms with E-state index in [1.807, 2.05) is 62.5 Å². The maximum absolute atomic E-state index is 6.14. The molecule has 0 radical (unpaired) electrons. The molecule has 1 fully saturated rings. The summed E-state index contributed by atoms with van der Waals surface area (Å²) in [6, 6.07) is 16.1. The standard InChI is InChI=1S/C26H27N9O/c1-16-12-18(4-8-23(16)36-19-5-7-22-21(13-19)32-33-34(22)3)30-26-25-20(28-15-29-26)6-9-24(31-25)35-11-10-27-14-17(35)2/h4-9,12-13,15,17,27H,10-11,14H2,1-3H3,(H,28,29,30). The van der Waals surface area contributed by atoms with Gasteiger partial charge in [-0.05, 0) is 61.9 Å². The first-order chi connectivity index (χ1) is 17.5. The lowest BCUT2D eigenvalue weighted by molar-refractivity contribution is 0.479. The number of ether oxygens (including phenoxy) is 1. The molecule has 10 heteroatoms. The second-order valence-electron chi connectivity index (χ2n) is 9.08. The molecule has 1 atom stereocenters. The van der Waals surface area contributed by atoms with Crippen LogP contribution in [0.4, 0.5) is 17.3 Å². The summed E-state index contributed by atoms with van der Waals surface area (Å²) in [5.74, 6) is 3.09. The molecule has 1 aliphatic rings. The van der Waals surface area contributed by atoms with Crippen LogP contribution in [-0.4, -0.2) is 55.6 Å². The number of aryl methyl sites for hydroxylation is 2. The number of nitrogens with zero attached hydrogens (tertiary/aromatic N) is 7. The van der Waals surface area contributed by atoms with Gasteiger partial charge in [-0.1, -0.05) is 5.21 Å². The third kappa shape index (κ3) is 4.16. The lowest BCUT2D eigenvalue weighted by atomic mass is 10.2. The molecule has 36 heavy (non-hydrogen) atoms. The van der Waals surface area contributed by atoms with Crippen LogP contribution in [0, 0.1) is 6.92 Å². The number of piperazine rings is 1. The molecule has 2 aromatic carbocycles. The van der Waals surface area contributed by atoms with Crippen LogP contribution in [0.3, 0.4) is 0 Å². The molecular formula is C26H27N9O. The van der Waals surface area contributed by atoms with E-state index in [4.69, 9.17) is 9.72 Å². The summed E-state index contributed by atoms with van der Waals surface area (Å²) in [7, 11) is 1.87. The molecule has 5 aromatic rings. The van der Waals surface area contributed by atoms with E-state index in [9.17, 15) is 0 Å². The highest BCUT2D eigenvalue weighted by molar-refractivity contribution is 5.88. The molecule has 182 valence electrons. The summed E-state index contributed by atoms with van der Waals surface area (Å²) >= 11 is 0. The van der Waals surface area contributed by atoms with Gasteiger partial charge >= 0.3 is 0 Å². The van der Waals surface area contributed by atoms with Crippen molar-refractivity contribution < 1.29 is 4.74 Å². The molecular weight excluding hydrogens is 454 g/mol. The zero-order valence-electron chi connectivity index (χ0n) is 20.4. The lowest BCUT2D eigenvalue weighted by Gasteiger charge is -2.35. The predicted molar refractivity (Wildman–Crippen MR) is 140 cm³/mol. The molecule has 10 nitrogen and oxygen atoms in total. The molecule has 0 bridgehead atoms. The number of nitrogens with one attached hydrogen (secondary N) is 2. The van der Waals surface area contributed by atoms with Crippen LogP contribution in [0.25, 0.3) is 22.1 Å². The topological polar surface area (TPSA) is 106 Å². The summed E-state index contributed by atoms with van der Waals surface area (Å²) in [6.07, 6.45) is 1.56. The summed E-state index contributed by atoms with van der Waals surface area (Å²) in [6.45, 7) is 7.02. The minimum absolute atomic E-state index is 0.370. The fraction of sp³-hybridized carbons (Fsp3) is 0.269. The number of pyridine rings is 1. The van der Waals surface area contributed by atoms with Gasteiger partial charge in [0, 0.05) is 44.5 Å². The first-order valence-electron chi connectivity index (χ1n) is 12.0. The first-order valence-corrected chi connectivity index (χ1v) is 12.0. The van der Waals surface area contributed by atoms with Crippen molar-refractivity contribution in [2.24, 2.45) is 7.05 Å². The maximum atomic E-state index is 6.14. The van der Waals surface area contributed by atoms with Crippen LogP contribution in [0.2, 0.25) is 0 Å². The van der Waals surface area contributed by atoms with Crippen LogP contribution in [0.1, 0.15) is 12.5 Å². The second-order valence-corrected chi connectivity index (χ2v) is 9.08. The minimum Gasteiger partial charge on any atom is -0.457 e. The number of hydrogen-bond donors (Lipinski definition) is 2. The normalized spacial score (nSPS) is 16.0. The highest BCUT2D eigenvalue weighted by Crippen LogP contribution is 2.31. The number of rotatable bonds is 5. The van der Waals surface area contributed by atoms with Crippen molar-refractivity contribution in [3.63, 3.8) is 0 Å². The van der Waals surface area contributed by atoms with Crippen LogP contribution < -0.4 is 20.3 Å². The predicted octanol–water partition coefficient (Wildman–Crippen LogP) is 3.95. The van der Waals surface area contributed by atoms with E-state index >= 15 is 0 Å². The summed E-state index contributed by atoms with van der Waals surface area (Å²) < 4.78 is 7.88. The molecule has 0 aliphatic carbocycles. The SMILES string of the molecule is Cc1cc(Nc2ncnc3ccc(N4CCNCC4C)nc23)ccc1Oc1ccc2c(c1)nnn2C. The highest BCUT2D eigenvalue weighted by atomic mass is 16.5. The van der Waals surface area contributed by atoms with Crippen molar-refractivity contribution >= 4 is 39.4 Å². The molecule has 1 saturated heterocycles. The molecule has 1 unspecified atom stereocenters. The van der Waals surface area contributed by atoms with Crippen molar-refractivity contribution in [1.82, 2.24) is 35.3 Å². The quantitative estimate of drug-likeness (QED) is 0.386. The van der Waals surface area contributed by atoms with Gasteiger partial charge in [0.2, 0.25) is 0 Å². The van der Waals surface area contributed by atoms with Gasteiger partial charge in [0.1, 0.15) is 34.7 Å². The molecule has 0 saturated carbocycles. The number of anilines is 3. The Hall–Kier alpha value is -4.31. The Kier molecular flexibility index (Phi) is 5.57. The Morgan fingerprint density at radius 2 is 1.97 bits per heavy atom. The Balaban J connectivity index is 1.25. The monoisotopic (exact) mass is 481 g/mol. The number of fused-ring (bicyclic) bond motifs is 2. The Bertz CT molecular complexity index is 1560. The smallest absolute Gasteiger partial charge is 0.160 e. The average molecular weight is 482 g/mol. The van der Waals surface area contributed by atoms with E-state index in [1.54, 1.807) is 11.0 Å². The van der Waals surface area contributed by atoms with E-state index in [-0.39, 0.29) is 0 Å². The van der Waals surface area contributed by atoms with Gasteiger partial charge in [-0.3, -0.25) is 0 Å². The van der Waals surface area contributed by atoms with E-state index in [0.717, 1.165) is 64.5 Å². The van der Waals surface area contributed by atoms with Gasteiger partial charge in [0.25, 0.3) is 0 Å². The van der Waals surface area contributed by atoms with E-state index in [2.05, 4.69) is 42.7 Å². The van der Waals surface area contributed by atoms with Crippen LogP contribution in [-0.2, 0) is 7.05 Å². The summed E-state index contributed by atoms with van der Waals surface area (Å²) in [5.41, 5.74) is 5.18. The number of benzene rings is 2. The Labute approximate surface area is 208 Å². The average Bonchev–Trinajstić information content (AvgIpc) is 3.26. The minimum atomic E-state index is 0.370. The van der Waals surface area contributed by atoms with Gasteiger partial charge in [0.05, 0.1) is 11.0 Å². The van der Waals surface area contributed by atoms with E-state index < -0.39 is 0 Å². The fourth-order valence-electron chi connectivity index (χ4n) is 4.55. The zero-order valence-corrected chi connectivity index (χ0v) is 20.4. The summed E-state index contributed by atoms with van der Waals surface area (Å²) in [4.78, 5) is 16.2. The van der Waals surface area contributed by atoms with Crippen LogP contribution in [0.15, 0.2) is 54.9 Å². The molecule has 6 rings (SSSR count). The van der Waals surface area contributed by atoms with Gasteiger partial charge in [-0.25, -0.2) is 19.6 Å². The Morgan fingerprint density at radius 1 is 1.06 bits per heavy atom. The third-order valence-corrected chi connectivity index (χ3v) is 6.51. The lowest BCUT2D eigenvalue weighted by Crippen LogP contribution is -2.50. The third-order valence-electron chi connectivity index (χ3n) is 6.51. The van der Waals surface area contributed by atoms with Crippen LogP contribution >= 0.6 is 0 Å². The molecule has 4 heterocycles. The van der Waals surface area contributed by atoms with E-state index in [0.29, 0.717) is 17.6 Å². The van der Waals surface area contributed by atoms with Gasteiger partial charge in [-0.15, -0.1) is 5.10 Å². The maximum Gasteiger partial charge on any atom is 0.160 e. The fourth-order valence-corrected chi connectivity index (χ4v) is 4.55. The molecule has 0 spiro atoms. The first kappa shape index (κ1) is 22.2. The van der Waals surface area contributed by atoms with Crippen molar-refractivity contribution in [3.8, 4) is 11.5 Å². The van der Waals surface area contributed by atoms with Crippen molar-refractivity contribution in [2.75, 3.05) is 29.9 Å². The highest BCUT2D eigenvalue weighted by Gasteiger charge is 2.20. The molecule has 1 aliphatic heterocycles. The molecule has 0 amide bonds. The van der Waals surface area contributed by atoms with Crippen molar-refractivity contribution in [1.29, 1.82) is 0 Å². The van der Waals surface area contributed by atoms with Gasteiger partial charge in [0.15, 0.2) is 5.82 Å². The largest absolute Gasteiger partial charge is 0.457 e. The molecule has 2 N–H and O–H groups in total. The van der Waals surface area contributed by atoms with Gasteiger partial charge < -0.3 is 20.3 Å². The van der Waals surface area contributed by atoms with Crippen molar-refractivity contribution in [2.45, 2.75) is 19.9 Å². The number of hydrogen-bond acceptors (Lipinski definition) is 9.